The number of halogens is 1. The maximum atomic E-state index is 14.4. The number of hydrogen-bond donors (Lipinski definition) is 1. The lowest BCUT2D eigenvalue weighted by molar-refractivity contribution is -0.235. The van der Waals surface area contributed by atoms with Crippen molar-refractivity contribution in [2.45, 2.75) is 159 Å². The first-order valence-electron chi connectivity index (χ1n) is 25.2. The molecule has 6 aliphatic carbocycles. The van der Waals surface area contributed by atoms with E-state index < -0.39 is 40.6 Å². The third-order valence-electron chi connectivity index (χ3n) is 19.6. The van der Waals surface area contributed by atoms with Gasteiger partial charge < -0.3 is 19.5 Å². The number of fused-ring (bicyclic) bond motifs is 7. The fourth-order valence-corrected chi connectivity index (χ4v) is 15.3. The van der Waals surface area contributed by atoms with Gasteiger partial charge in [-0.05, 0) is 158 Å². The number of hydrogen-bond acceptors (Lipinski definition) is 9. The van der Waals surface area contributed by atoms with E-state index in [1.54, 1.807) is 24.3 Å². The van der Waals surface area contributed by atoms with E-state index in [0.29, 0.717) is 35.3 Å². The molecule has 5 fully saturated rings. The Bertz CT molecular complexity index is 2400. The van der Waals surface area contributed by atoms with E-state index in [0.717, 1.165) is 61.7 Å². The molecular formula is C57H74ClNO9. The zero-order valence-corrected chi connectivity index (χ0v) is 43.0. The second-order valence-corrected chi connectivity index (χ2v) is 24.8. The predicted molar refractivity (Wildman–Crippen MR) is 260 cm³/mol. The average Bonchev–Trinajstić information content (AvgIpc) is 3.57. The van der Waals surface area contributed by atoms with Crippen LogP contribution >= 0.6 is 11.6 Å². The van der Waals surface area contributed by atoms with Crippen molar-refractivity contribution < 1.29 is 43.0 Å². The Kier molecular flexibility index (Phi) is 12.9. The molecule has 8 rings (SSSR count). The zero-order chi connectivity index (χ0) is 49.6. The van der Waals surface area contributed by atoms with E-state index in [1.165, 1.54) is 13.8 Å². The molecule has 0 heterocycles. The lowest BCUT2D eigenvalue weighted by atomic mass is 9.33. The topological polar surface area (TPSA) is 142 Å². The first-order chi connectivity index (χ1) is 31.7. The van der Waals surface area contributed by atoms with Crippen LogP contribution in [-0.2, 0) is 44.8 Å². The van der Waals surface area contributed by atoms with Gasteiger partial charge in [-0.15, -0.1) is 0 Å². The van der Waals surface area contributed by atoms with Gasteiger partial charge in [-0.3, -0.25) is 28.8 Å². The molecule has 0 spiro atoms. The average molecular weight is 953 g/mol. The summed E-state index contributed by atoms with van der Waals surface area (Å²) in [4.78, 5) is 82.4. The summed E-state index contributed by atoms with van der Waals surface area (Å²) < 4.78 is 17.7. The predicted octanol–water partition coefficient (Wildman–Crippen LogP) is 11.3. The summed E-state index contributed by atoms with van der Waals surface area (Å²) in [5.41, 5.74) is -0.486. The summed E-state index contributed by atoms with van der Waals surface area (Å²) >= 11 is 5.99. The molecule has 10 nitrogen and oxygen atoms in total. The van der Waals surface area contributed by atoms with E-state index in [9.17, 15) is 28.8 Å². The molecule has 0 aromatic heterocycles. The van der Waals surface area contributed by atoms with Crippen LogP contribution in [0.3, 0.4) is 0 Å². The highest BCUT2D eigenvalue weighted by Crippen LogP contribution is 2.76. The molecule has 11 heteroatoms. The van der Waals surface area contributed by atoms with Gasteiger partial charge in [-0.25, -0.2) is 0 Å². The summed E-state index contributed by atoms with van der Waals surface area (Å²) in [6.45, 7) is 22.9. The van der Waals surface area contributed by atoms with Gasteiger partial charge in [0.05, 0.1) is 17.4 Å². The van der Waals surface area contributed by atoms with Gasteiger partial charge in [0, 0.05) is 22.4 Å². The molecule has 2 aromatic rings. The largest absolute Gasteiger partial charge is 0.462 e. The van der Waals surface area contributed by atoms with E-state index >= 15 is 0 Å². The molecule has 368 valence electrons. The number of carbonyl (C=O) groups excluding carboxylic acids is 6. The minimum absolute atomic E-state index is 0.0143. The number of ketones is 2. The van der Waals surface area contributed by atoms with Crippen LogP contribution in [0.4, 0.5) is 0 Å². The maximum Gasteiger partial charge on any atom is 0.321 e. The number of carbonyl (C=O) groups is 6. The van der Waals surface area contributed by atoms with Crippen LogP contribution in [0.25, 0.3) is 0 Å². The van der Waals surface area contributed by atoms with Gasteiger partial charge in [-0.1, -0.05) is 104 Å². The Hall–Kier alpha value is -4.31. The maximum absolute atomic E-state index is 14.4. The SMILES string of the molecule is CC(C)C1=C2[C@H]3CC[C@@H]4[C@@]5(C)CC[C@H](OC(=O)[C@H]6C[C@@H](C(=O)OCc7ccccc7)C6(C)C)C(C)(C)[C@@H]5CC[C@@]4(C)[C@]3(C)CC[C@@]2(NC(=O)C(C)(C)C(=O)OCC(=O)c2ccc(Cl)cc2)CC1=O. The van der Waals surface area contributed by atoms with E-state index in [2.05, 4.69) is 53.8 Å². The molecule has 68 heavy (non-hydrogen) atoms. The standard InChI is InChI=1S/C57H74ClNO9/c1-33(2)45-40(60)30-57(59-49(64)53(7,8)50(65)67-32-41(61)35-17-19-36(58)20-18-35)28-27-55(10)37(46(45)57)21-22-43-54(9)25-24-44(52(5,6)42(54)23-26-56(43,55)11)68-48(63)39-29-38(51(39,3)4)47(62)66-31-34-15-13-12-14-16-34/h12-20,33,37-39,42-44H,21-32H2,1-11H3,(H,59,64)/t37-,38+,39-,42+,43-,44+,54+,55-,56-,57-/m1/s1. The minimum Gasteiger partial charge on any atom is -0.462 e. The molecule has 1 N–H and O–H groups in total. The molecule has 0 bridgehead atoms. The van der Waals surface area contributed by atoms with Crippen LogP contribution in [0.2, 0.25) is 5.02 Å². The molecule has 0 unspecified atom stereocenters. The number of esters is 3. The quantitative estimate of drug-likeness (QED) is 0.0952. The van der Waals surface area contributed by atoms with Crippen molar-refractivity contribution in [2.24, 2.45) is 68.0 Å². The molecule has 0 saturated heterocycles. The fraction of sp³-hybridized carbons (Fsp3) is 0.649. The molecule has 2 aromatic carbocycles. The molecule has 5 saturated carbocycles. The lowest BCUT2D eigenvalue weighted by Gasteiger charge is -2.72. The number of allylic oxidation sites excluding steroid dienone is 1. The smallest absolute Gasteiger partial charge is 0.321 e. The second-order valence-electron chi connectivity index (χ2n) is 24.4. The van der Waals surface area contributed by atoms with Gasteiger partial charge in [-0.2, -0.15) is 0 Å². The Morgan fingerprint density at radius 3 is 2.06 bits per heavy atom. The Morgan fingerprint density at radius 1 is 0.750 bits per heavy atom. The molecule has 6 aliphatic rings. The lowest BCUT2D eigenvalue weighted by Crippen LogP contribution is -2.67. The van der Waals surface area contributed by atoms with Crippen molar-refractivity contribution in [1.82, 2.24) is 5.32 Å². The highest BCUT2D eigenvalue weighted by molar-refractivity contribution is 6.30. The van der Waals surface area contributed by atoms with Gasteiger partial charge in [0.15, 0.2) is 18.2 Å². The van der Waals surface area contributed by atoms with Crippen molar-refractivity contribution >= 4 is 47.0 Å². The Balaban J connectivity index is 0.964. The third-order valence-corrected chi connectivity index (χ3v) is 19.9. The van der Waals surface area contributed by atoms with Gasteiger partial charge in [0.1, 0.15) is 18.1 Å². The Morgan fingerprint density at radius 2 is 1.41 bits per heavy atom. The zero-order valence-electron chi connectivity index (χ0n) is 42.3. The molecule has 10 atom stereocenters. The summed E-state index contributed by atoms with van der Waals surface area (Å²) in [5, 5.41) is 3.82. The number of ether oxygens (including phenoxy) is 3. The van der Waals surface area contributed by atoms with Gasteiger partial charge >= 0.3 is 17.9 Å². The molecular weight excluding hydrogens is 878 g/mol. The molecule has 0 aliphatic heterocycles. The number of rotatable bonds is 12. The number of amides is 1. The summed E-state index contributed by atoms with van der Waals surface area (Å²) in [6, 6.07) is 16.0. The third kappa shape index (κ3) is 7.98. The van der Waals surface area contributed by atoms with E-state index in [4.69, 9.17) is 25.8 Å². The van der Waals surface area contributed by atoms with Crippen LogP contribution < -0.4 is 5.32 Å². The van der Waals surface area contributed by atoms with Crippen molar-refractivity contribution in [1.29, 1.82) is 0 Å². The second kappa shape index (κ2) is 17.5. The van der Waals surface area contributed by atoms with Gasteiger partial charge in [0.25, 0.3) is 0 Å². The molecule has 1 amide bonds. The van der Waals surface area contributed by atoms with Crippen LogP contribution in [0, 0.1) is 68.0 Å². The minimum atomic E-state index is -1.63. The fourth-order valence-electron chi connectivity index (χ4n) is 15.2. The number of Topliss-reactive ketones (excluding diaryl/α,β-unsaturated/α-hetero) is 2. The van der Waals surface area contributed by atoms with Crippen LogP contribution in [0.5, 0.6) is 0 Å². The van der Waals surface area contributed by atoms with E-state index in [-0.39, 0.29) is 82.2 Å². The molecule has 0 radical (unpaired) electrons. The monoisotopic (exact) mass is 952 g/mol. The summed E-state index contributed by atoms with van der Waals surface area (Å²) in [7, 11) is 0. The van der Waals surface area contributed by atoms with Gasteiger partial charge in [0.2, 0.25) is 5.91 Å². The summed E-state index contributed by atoms with van der Waals surface area (Å²) in [5.74, 6) is -2.15. The van der Waals surface area contributed by atoms with Crippen LogP contribution in [0.15, 0.2) is 65.7 Å². The highest BCUT2D eigenvalue weighted by Gasteiger charge is 2.71. The summed E-state index contributed by atoms with van der Waals surface area (Å²) in [6.07, 6.45) is 7.33. The van der Waals surface area contributed by atoms with Crippen molar-refractivity contribution in [3.63, 3.8) is 0 Å². The van der Waals surface area contributed by atoms with Crippen LogP contribution in [0.1, 0.15) is 156 Å². The normalized spacial score (nSPS) is 34.6. The Labute approximate surface area is 408 Å². The number of nitrogens with one attached hydrogen (secondary N) is 1. The first kappa shape index (κ1) is 50.1. The number of benzene rings is 2. The van der Waals surface area contributed by atoms with Crippen molar-refractivity contribution in [3.05, 3.63) is 81.9 Å². The van der Waals surface area contributed by atoms with E-state index in [1.807, 2.05) is 44.2 Å². The first-order valence-corrected chi connectivity index (χ1v) is 25.6. The van der Waals surface area contributed by atoms with Crippen molar-refractivity contribution in [2.75, 3.05) is 6.61 Å². The van der Waals surface area contributed by atoms with Crippen molar-refractivity contribution in [3.8, 4) is 0 Å². The van der Waals surface area contributed by atoms with Crippen LogP contribution in [-0.4, -0.2) is 53.6 Å². The highest BCUT2D eigenvalue weighted by atomic mass is 35.5.